The smallest absolute Gasteiger partial charge is 0.231 e. The Labute approximate surface area is 84.8 Å². The molecule has 76 valence electrons. The largest absolute Gasteiger partial charge is 0.300 e. The zero-order chi connectivity index (χ0) is 10.7. The van der Waals surface area contributed by atoms with Crippen molar-refractivity contribution in [3.05, 3.63) is 0 Å². The second-order valence-electron chi connectivity index (χ2n) is 2.79. The van der Waals surface area contributed by atoms with E-state index in [9.17, 15) is 19.2 Å². The van der Waals surface area contributed by atoms with Gasteiger partial charge in [0.15, 0.2) is 11.4 Å². The highest BCUT2D eigenvalue weighted by Crippen LogP contribution is 2.22. The third-order valence-electron chi connectivity index (χ3n) is 1.75. The highest BCUT2D eigenvalue weighted by molar-refractivity contribution is 8.14. The number of amides is 2. The predicted octanol–water partition coefficient (Wildman–Crippen LogP) is -0.0599. The maximum Gasteiger partial charge on any atom is 0.231 e. The van der Waals surface area contributed by atoms with Crippen LogP contribution < -0.4 is 0 Å². The summed E-state index contributed by atoms with van der Waals surface area (Å²) in [6.07, 6.45) is 0.691. The van der Waals surface area contributed by atoms with Gasteiger partial charge in [0.1, 0.15) is 5.37 Å². The van der Waals surface area contributed by atoms with Gasteiger partial charge in [0.25, 0.3) is 0 Å². The number of thioether (sulfide) groups is 1. The SMILES string of the molecule is CC(=O)SC(C=O)N1C(=O)CCC1=O. The van der Waals surface area contributed by atoms with Crippen molar-refractivity contribution in [3.63, 3.8) is 0 Å². The second-order valence-corrected chi connectivity index (χ2v) is 4.09. The van der Waals surface area contributed by atoms with Crippen molar-refractivity contribution < 1.29 is 19.2 Å². The molecule has 1 aliphatic rings. The lowest BCUT2D eigenvalue weighted by Gasteiger charge is -2.18. The average molecular weight is 215 g/mol. The lowest BCUT2D eigenvalue weighted by molar-refractivity contribution is -0.140. The molecule has 0 N–H and O–H groups in total. The molecule has 5 nitrogen and oxygen atoms in total. The van der Waals surface area contributed by atoms with E-state index in [1.165, 1.54) is 6.92 Å². The molecule has 1 heterocycles. The number of hydrogen-bond acceptors (Lipinski definition) is 5. The van der Waals surface area contributed by atoms with Crippen LogP contribution in [0.1, 0.15) is 19.8 Å². The summed E-state index contributed by atoms with van der Waals surface area (Å²) in [4.78, 5) is 44.6. The van der Waals surface area contributed by atoms with E-state index in [0.29, 0.717) is 18.0 Å². The molecule has 0 spiro atoms. The normalized spacial score (nSPS) is 18.5. The fraction of sp³-hybridized carbons (Fsp3) is 0.500. The second kappa shape index (κ2) is 4.36. The Hall–Kier alpha value is -1.17. The maximum absolute atomic E-state index is 11.2. The topological polar surface area (TPSA) is 71.5 Å². The standard InChI is InChI=1S/C8H9NO4S/c1-5(11)14-8(4-10)9-6(12)2-3-7(9)13/h4,8H,2-3H2,1H3. The molecule has 0 aromatic carbocycles. The van der Waals surface area contributed by atoms with Crippen molar-refractivity contribution in [1.29, 1.82) is 0 Å². The number of likely N-dealkylation sites (tertiary alicyclic amines) is 1. The van der Waals surface area contributed by atoms with Crippen LogP contribution in [-0.2, 0) is 19.2 Å². The van der Waals surface area contributed by atoms with E-state index < -0.39 is 5.37 Å². The monoisotopic (exact) mass is 215 g/mol. The van der Waals surface area contributed by atoms with Crippen molar-refractivity contribution in [2.75, 3.05) is 0 Å². The Bertz CT molecular complexity index is 286. The zero-order valence-electron chi connectivity index (χ0n) is 7.56. The molecule has 1 aliphatic heterocycles. The third-order valence-corrected chi connectivity index (χ3v) is 2.64. The summed E-state index contributed by atoms with van der Waals surface area (Å²) in [5, 5.41) is -1.29. The van der Waals surface area contributed by atoms with Crippen LogP contribution in [-0.4, -0.2) is 33.5 Å². The van der Waals surface area contributed by atoms with Gasteiger partial charge in [-0.3, -0.25) is 19.3 Å². The number of hydrogen-bond donors (Lipinski definition) is 0. The van der Waals surface area contributed by atoms with E-state index >= 15 is 0 Å². The summed E-state index contributed by atoms with van der Waals surface area (Å²) in [5.41, 5.74) is 0. The number of aldehydes is 1. The minimum atomic E-state index is -0.991. The summed E-state index contributed by atoms with van der Waals surface area (Å²) in [6, 6.07) is 0. The molecule has 14 heavy (non-hydrogen) atoms. The Morgan fingerprint density at radius 1 is 1.43 bits per heavy atom. The molecule has 0 bridgehead atoms. The van der Waals surface area contributed by atoms with E-state index in [1.807, 2.05) is 0 Å². The van der Waals surface area contributed by atoms with Crippen LogP contribution in [0.2, 0.25) is 0 Å². The van der Waals surface area contributed by atoms with Crippen LogP contribution in [0, 0.1) is 0 Å². The molecular weight excluding hydrogens is 206 g/mol. The summed E-state index contributed by atoms with van der Waals surface area (Å²) < 4.78 is 0. The van der Waals surface area contributed by atoms with Crippen molar-refractivity contribution >= 4 is 35.0 Å². The quantitative estimate of drug-likeness (QED) is 0.487. The van der Waals surface area contributed by atoms with Crippen LogP contribution in [0.5, 0.6) is 0 Å². The van der Waals surface area contributed by atoms with Gasteiger partial charge in [0.05, 0.1) is 0 Å². The third kappa shape index (κ3) is 2.20. The Morgan fingerprint density at radius 2 is 1.93 bits per heavy atom. The molecule has 1 rings (SSSR count). The van der Waals surface area contributed by atoms with Gasteiger partial charge in [-0.25, -0.2) is 0 Å². The molecular formula is C8H9NO4S. The Kier molecular flexibility index (Phi) is 3.40. The van der Waals surface area contributed by atoms with Crippen molar-refractivity contribution in [1.82, 2.24) is 4.90 Å². The van der Waals surface area contributed by atoms with Crippen LogP contribution in [0.4, 0.5) is 0 Å². The first-order valence-corrected chi connectivity index (χ1v) is 4.91. The van der Waals surface area contributed by atoms with Crippen molar-refractivity contribution in [2.45, 2.75) is 25.1 Å². The lowest BCUT2D eigenvalue weighted by Crippen LogP contribution is -2.38. The van der Waals surface area contributed by atoms with Gasteiger partial charge < -0.3 is 4.79 Å². The minimum Gasteiger partial charge on any atom is -0.300 e. The van der Waals surface area contributed by atoms with Gasteiger partial charge in [-0.05, 0) is 0 Å². The fourth-order valence-corrected chi connectivity index (χ4v) is 1.93. The van der Waals surface area contributed by atoms with Gasteiger partial charge in [-0.15, -0.1) is 0 Å². The number of nitrogens with zero attached hydrogens (tertiary/aromatic N) is 1. The Morgan fingerprint density at radius 3 is 2.29 bits per heavy atom. The van der Waals surface area contributed by atoms with Crippen molar-refractivity contribution in [2.24, 2.45) is 0 Å². The molecule has 0 radical (unpaired) electrons. The van der Waals surface area contributed by atoms with Crippen LogP contribution in [0.3, 0.4) is 0 Å². The summed E-state index contributed by atoms with van der Waals surface area (Å²) in [5.74, 6) is -0.776. The van der Waals surface area contributed by atoms with Gasteiger partial charge in [-0.1, -0.05) is 11.8 Å². The molecule has 2 amide bonds. The van der Waals surface area contributed by atoms with Gasteiger partial charge in [0, 0.05) is 19.8 Å². The molecule has 0 aliphatic carbocycles. The first kappa shape index (κ1) is 10.9. The average Bonchev–Trinajstić information content (AvgIpc) is 2.43. The summed E-state index contributed by atoms with van der Waals surface area (Å²) in [7, 11) is 0. The first-order valence-electron chi connectivity index (χ1n) is 4.03. The number of rotatable bonds is 3. The maximum atomic E-state index is 11.2. The van der Waals surface area contributed by atoms with Gasteiger partial charge >= 0.3 is 0 Å². The van der Waals surface area contributed by atoms with E-state index in [-0.39, 0.29) is 29.8 Å². The van der Waals surface area contributed by atoms with E-state index in [0.717, 1.165) is 4.90 Å². The molecule has 0 saturated carbocycles. The first-order chi connectivity index (χ1) is 6.56. The minimum absolute atomic E-state index is 0.127. The van der Waals surface area contributed by atoms with E-state index in [4.69, 9.17) is 0 Å². The van der Waals surface area contributed by atoms with Crippen LogP contribution in [0.15, 0.2) is 0 Å². The molecule has 1 fully saturated rings. The fourth-order valence-electron chi connectivity index (χ4n) is 1.19. The zero-order valence-corrected chi connectivity index (χ0v) is 8.37. The number of carbonyl (C=O) groups excluding carboxylic acids is 4. The highest BCUT2D eigenvalue weighted by atomic mass is 32.2. The highest BCUT2D eigenvalue weighted by Gasteiger charge is 2.35. The molecule has 1 unspecified atom stereocenters. The van der Waals surface area contributed by atoms with Gasteiger partial charge in [0.2, 0.25) is 11.8 Å². The predicted molar refractivity (Wildman–Crippen MR) is 49.2 cm³/mol. The van der Waals surface area contributed by atoms with E-state index in [2.05, 4.69) is 0 Å². The molecule has 0 aromatic rings. The van der Waals surface area contributed by atoms with Crippen LogP contribution >= 0.6 is 11.8 Å². The van der Waals surface area contributed by atoms with Crippen molar-refractivity contribution in [3.8, 4) is 0 Å². The molecule has 1 atom stereocenters. The summed E-state index contributed by atoms with van der Waals surface area (Å²) in [6.45, 7) is 1.28. The molecule has 0 aromatic heterocycles. The number of carbonyl (C=O) groups is 4. The van der Waals surface area contributed by atoms with E-state index in [1.54, 1.807) is 0 Å². The molecule has 1 saturated heterocycles. The van der Waals surface area contributed by atoms with Gasteiger partial charge in [-0.2, -0.15) is 0 Å². The molecule has 6 heteroatoms. The summed E-state index contributed by atoms with van der Waals surface area (Å²) >= 11 is 0.682. The Balaban J connectivity index is 2.77. The number of imide groups is 1. The van der Waals surface area contributed by atoms with Crippen LogP contribution in [0.25, 0.3) is 0 Å². The lowest BCUT2D eigenvalue weighted by atomic mass is 10.4.